The van der Waals surface area contributed by atoms with E-state index in [-0.39, 0.29) is 18.4 Å². The van der Waals surface area contributed by atoms with E-state index in [1.807, 2.05) is 11.8 Å². The number of hydrogen-bond acceptors (Lipinski definition) is 3. The van der Waals surface area contributed by atoms with Gasteiger partial charge in [-0.05, 0) is 18.1 Å². The second kappa shape index (κ2) is 6.64. The molecule has 1 aliphatic heterocycles. The SMILES string of the molecule is CC1CN(CC(=O)Nc2c(Cl)cccc2Cl)CC1C(=O)O. The molecule has 1 aromatic rings. The lowest BCUT2D eigenvalue weighted by Crippen LogP contribution is -2.32. The number of carboxylic acid groups (broad SMARTS) is 1. The second-order valence-electron chi connectivity index (χ2n) is 5.26. The van der Waals surface area contributed by atoms with E-state index in [0.717, 1.165) is 0 Å². The number of rotatable bonds is 4. The predicted molar refractivity (Wildman–Crippen MR) is 81.8 cm³/mol. The van der Waals surface area contributed by atoms with Gasteiger partial charge in [0.2, 0.25) is 5.91 Å². The maximum atomic E-state index is 12.0. The second-order valence-corrected chi connectivity index (χ2v) is 6.08. The summed E-state index contributed by atoms with van der Waals surface area (Å²) in [5.74, 6) is -1.48. The summed E-state index contributed by atoms with van der Waals surface area (Å²) in [4.78, 5) is 24.9. The van der Waals surface area contributed by atoms with E-state index in [0.29, 0.717) is 28.8 Å². The molecule has 1 fully saturated rings. The van der Waals surface area contributed by atoms with Crippen molar-refractivity contribution < 1.29 is 14.7 Å². The first-order valence-electron chi connectivity index (χ1n) is 6.57. The molecule has 21 heavy (non-hydrogen) atoms. The minimum atomic E-state index is -0.820. The Balaban J connectivity index is 1.96. The molecule has 0 aromatic heterocycles. The van der Waals surface area contributed by atoms with Crippen LogP contribution in [0, 0.1) is 11.8 Å². The van der Waals surface area contributed by atoms with Gasteiger partial charge in [-0.15, -0.1) is 0 Å². The quantitative estimate of drug-likeness (QED) is 0.890. The molecule has 2 N–H and O–H groups in total. The number of para-hydroxylation sites is 1. The van der Waals surface area contributed by atoms with Crippen molar-refractivity contribution in [2.75, 3.05) is 25.0 Å². The molecular formula is C14H16Cl2N2O3. The van der Waals surface area contributed by atoms with Crippen molar-refractivity contribution in [2.45, 2.75) is 6.92 Å². The van der Waals surface area contributed by atoms with Crippen LogP contribution in [0.15, 0.2) is 18.2 Å². The lowest BCUT2D eigenvalue weighted by molar-refractivity contribution is -0.142. The van der Waals surface area contributed by atoms with Crippen LogP contribution in [0.2, 0.25) is 10.0 Å². The Morgan fingerprint density at radius 2 is 1.95 bits per heavy atom. The molecule has 0 saturated carbocycles. The average Bonchev–Trinajstić information content (AvgIpc) is 2.75. The number of halogens is 2. The largest absolute Gasteiger partial charge is 0.481 e. The van der Waals surface area contributed by atoms with Crippen molar-refractivity contribution in [2.24, 2.45) is 11.8 Å². The third kappa shape index (κ3) is 3.87. The molecule has 1 aliphatic rings. The monoisotopic (exact) mass is 330 g/mol. The minimum absolute atomic E-state index is 0.0270. The number of benzene rings is 1. The molecule has 1 heterocycles. The Labute approximate surface area is 132 Å². The first-order chi connectivity index (χ1) is 9.88. The molecule has 7 heteroatoms. The standard InChI is InChI=1S/C14H16Cl2N2O3/c1-8-5-18(6-9(8)14(20)21)7-12(19)17-13-10(15)3-2-4-11(13)16/h2-4,8-9H,5-7H2,1H3,(H,17,19)(H,20,21). The first kappa shape index (κ1) is 16.1. The number of hydrogen-bond donors (Lipinski definition) is 2. The number of nitrogens with one attached hydrogen (secondary N) is 1. The smallest absolute Gasteiger partial charge is 0.308 e. The van der Waals surface area contributed by atoms with Crippen molar-refractivity contribution in [3.8, 4) is 0 Å². The number of nitrogens with zero attached hydrogens (tertiary/aromatic N) is 1. The minimum Gasteiger partial charge on any atom is -0.481 e. The van der Waals surface area contributed by atoms with Gasteiger partial charge in [0.1, 0.15) is 0 Å². The molecule has 114 valence electrons. The molecule has 1 amide bonds. The van der Waals surface area contributed by atoms with Crippen molar-refractivity contribution in [1.29, 1.82) is 0 Å². The Hall–Kier alpha value is -1.30. The zero-order chi connectivity index (χ0) is 15.6. The van der Waals surface area contributed by atoms with E-state index < -0.39 is 11.9 Å². The van der Waals surface area contributed by atoms with Crippen LogP contribution in [-0.2, 0) is 9.59 Å². The maximum Gasteiger partial charge on any atom is 0.308 e. The van der Waals surface area contributed by atoms with Crippen LogP contribution in [0.25, 0.3) is 0 Å². The van der Waals surface area contributed by atoms with Gasteiger partial charge in [-0.3, -0.25) is 14.5 Å². The number of carboxylic acids is 1. The van der Waals surface area contributed by atoms with Gasteiger partial charge < -0.3 is 10.4 Å². The first-order valence-corrected chi connectivity index (χ1v) is 7.33. The highest BCUT2D eigenvalue weighted by Crippen LogP contribution is 2.30. The highest BCUT2D eigenvalue weighted by atomic mass is 35.5. The average molecular weight is 331 g/mol. The third-order valence-electron chi connectivity index (χ3n) is 3.60. The van der Waals surface area contributed by atoms with E-state index in [4.69, 9.17) is 28.3 Å². The van der Waals surface area contributed by atoms with E-state index in [1.165, 1.54) is 0 Å². The van der Waals surface area contributed by atoms with Gasteiger partial charge in [-0.25, -0.2) is 0 Å². The molecule has 2 atom stereocenters. The molecular weight excluding hydrogens is 315 g/mol. The normalized spacial score (nSPS) is 22.2. The maximum absolute atomic E-state index is 12.0. The van der Waals surface area contributed by atoms with Gasteiger partial charge in [0.25, 0.3) is 0 Å². The predicted octanol–water partition coefficient (Wildman–Crippen LogP) is 2.58. The lowest BCUT2D eigenvalue weighted by Gasteiger charge is -2.15. The molecule has 1 saturated heterocycles. The van der Waals surface area contributed by atoms with E-state index >= 15 is 0 Å². The van der Waals surface area contributed by atoms with Crippen molar-refractivity contribution in [3.05, 3.63) is 28.2 Å². The zero-order valence-corrected chi connectivity index (χ0v) is 13.0. The van der Waals surface area contributed by atoms with Crippen LogP contribution >= 0.6 is 23.2 Å². The van der Waals surface area contributed by atoms with Gasteiger partial charge in [-0.2, -0.15) is 0 Å². The zero-order valence-electron chi connectivity index (χ0n) is 11.5. The van der Waals surface area contributed by atoms with E-state index in [1.54, 1.807) is 18.2 Å². The van der Waals surface area contributed by atoms with Crippen LogP contribution in [0.1, 0.15) is 6.92 Å². The van der Waals surface area contributed by atoms with E-state index in [2.05, 4.69) is 5.32 Å². The number of amides is 1. The van der Waals surface area contributed by atoms with Crippen molar-refractivity contribution in [1.82, 2.24) is 4.90 Å². The summed E-state index contributed by atoms with van der Waals surface area (Å²) in [6.45, 7) is 2.96. The highest BCUT2D eigenvalue weighted by molar-refractivity contribution is 6.39. The number of anilines is 1. The Kier molecular flexibility index (Phi) is 5.08. The highest BCUT2D eigenvalue weighted by Gasteiger charge is 2.35. The van der Waals surface area contributed by atoms with Gasteiger partial charge in [0.05, 0.1) is 28.2 Å². The summed E-state index contributed by atoms with van der Waals surface area (Å²) >= 11 is 12.0. The van der Waals surface area contributed by atoms with Gasteiger partial charge in [0, 0.05) is 13.1 Å². The molecule has 0 radical (unpaired) electrons. The number of carbonyl (C=O) groups is 2. The molecule has 1 aromatic carbocycles. The van der Waals surface area contributed by atoms with E-state index in [9.17, 15) is 9.59 Å². The lowest BCUT2D eigenvalue weighted by atomic mass is 9.99. The summed E-state index contributed by atoms with van der Waals surface area (Å²) in [5.41, 5.74) is 0.382. The molecule has 0 bridgehead atoms. The van der Waals surface area contributed by atoms with Crippen molar-refractivity contribution in [3.63, 3.8) is 0 Å². The van der Waals surface area contributed by atoms with Gasteiger partial charge in [-0.1, -0.05) is 36.2 Å². The molecule has 2 rings (SSSR count). The fourth-order valence-corrected chi connectivity index (χ4v) is 3.01. The summed E-state index contributed by atoms with van der Waals surface area (Å²) < 4.78 is 0. The molecule has 5 nitrogen and oxygen atoms in total. The molecule has 0 aliphatic carbocycles. The topological polar surface area (TPSA) is 69.6 Å². The van der Waals surface area contributed by atoms with Crippen LogP contribution in [0.4, 0.5) is 5.69 Å². The number of carbonyl (C=O) groups excluding carboxylic acids is 1. The number of likely N-dealkylation sites (tertiary alicyclic amines) is 1. The van der Waals surface area contributed by atoms with Crippen LogP contribution in [0.5, 0.6) is 0 Å². The van der Waals surface area contributed by atoms with Crippen molar-refractivity contribution >= 4 is 40.8 Å². The molecule has 2 unspecified atom stereocenters. The summed E-state index contributed by atoms with van der Waals surface area (Å²) in [6.07, 6.45) is 0. The van der Waals surface area contributed by atoms with Crippen LogP contribution in [-0.4, -0.2) is 41.5 Å². The molecule has 0 spiro atoms. The number of aliphatic carboxylic acids is 1. The summed E-state index contributed by atoms with van der Waals surface area (Å²) in [6, 6.07) is 4.98. The fraction of sp³-hybridized carbons (Fsp3) is 0.429. The van der Waals surface area contributed by atoms with Crippen LogP contribution in [0.3, 0.4) is 0 Å². The Bertz CT molecular complexity index is 545. The van der Waals surface area contributed by atoms with Gasteiger partial charge >= 0.3 is 5.97 Å². The van der Waals surface area contributed by atoms with Gasteiger partial charge in [0.15, 0.2) is 0 Å². The summed E-state index contributed by atoms with van der Waals surface area (Å²) in [7, 11) is 0. The third-order valence-corrected chi connectivity index (χ3v) is 4.23. The Morgan fingerprint density at radius 3 is 2.48 bits per heavy atom. The summed E-state index contributed by atoms with van der Waals surface area (Å²) in [5, 5.41) is 12.5. The fourth-order valence-electron chi connectivity index (χ4n) is 2.52. The Morgan fingerprint density at radius 1 is 1.33 bits per heavy atom. The van der Waals surface area contributed by atoms with Crippen LogP contribution < -0.4 is 5.32 Å².